The van der Waals surface area contributed by atoms with Crippen LogP contribution in [0, 0.1) is 5.82 Å². The summed E-state index contributed by atoms with van der Waals surface area (Å²) in [4.78, 5) is 30.3. The Kier molecular flexibility index (Phi) is 9.72. The SMILES string of the molecule is CCNC(=O)N(CCN1CCOCC1)CC(=O)N1N=C(c2ccc(OC)cc2OC)C[C@@H]1c1ccc(F)cc1. The van der Waals surface area contributed by atoms with Gasteiger partial charge in [-0.05, 0) is 36.8 Å². The van der Waals surface area contributed by atoms with E-state index in [0.717, 1.165) is 24.2 Å². The number of carbonyl (C=O) groups is 2. The summed E-state index contributed by atoms with van der Waals surface area (Å²) in [5.74, 6) is 0.503. The standard InChI is InChI=1S/C28H36FN5O5/c1-4-30-28(36)33(12-11-32-13-15-39-16-14-32)19-27(35)34-25(20-5-7-21(29)8-6-20)18-24(31-34)23-10-9-22(37-2)17-26(23)38-3/h5-10,17,25H,4,11-16,18-19H2,1-3H3,(H,30,36)/t25-/m1/s1. The van der Waals surface area contributed by atoms with E-state index >= 15 is 0 Å². The Morgan fingerprint density at radius 3 is 2.54 bits per heavy atom. The van der Waals surface area contributed by atoms with Gasteiger partial charge >= 0.3 is 6.03 Å². The van der Waals surface area contributed by atoms with Gasteiger partial charge in [-0.3, -0.25) is 9.69 Å². The normalized spacial score (nSPS) is 17.5. The zero-order valence-electron chi connectivity index (χ0n) is 22.7. The van der Waals surface area contributed by atoms with Gasteiger partial charge in [0.15, 0.2) is 0 Å². The van der Waals surface area contributed by atoms with Crippen LogP contribution in [-0.2, 0) is 9.53 Å². The second-order valence-electron chi connectivity index (χ2n) is 9.33. The van der Waals surface area contributed by atoms with Crippen LogP contribution in [0.4, 0.5) is 9.18 Å². The average Bonchev–Trinajstić information content (AvgIpc) is 3.41. The minimum Gasteiger partial charge on any atom is -0.497 e. The Morgan fingerprint density at radius 2 is 1.87 bits per heavy atom. The molecule has 210 valence electrons. The minimum absolute atomic E-state index is 0.148. The van der Waals surface area contributed by atoms with Crippen molar-refractivity contribution in [2.45, 2.75) is 19.4 Å². The lowest BCUT2D eigenvalue weighted by Crippen LogP contribution is -2.49. The van der Waals surface area contributed by atoms with E-state index in [4.69, 9.17) is 19.3 Å². The smallest absolute Gasteiger partial charge is 0.317 e. The van der Waals surface area contributed by atoms with Crippen LogP contribution in [0.1, 0.15) is 30.5 Å². The van der Waals surface area contributed by atoms with E-state index in [1.807, 2.05) is 13.0 Å². The van der Waals surface area contributed by atoms with Crippen LogP contribution in [0.3, 0.4) is 0 Å². The molecule has 2 aliphatic rings. The van der Waals surface area contributed by atoms with Crippen molar-refractivity contribution in [3.8, 4) is 11.5 Å². The monoisotopic (exact) mass is 541 g/mol. The number of carbonyl (C=O) groups excluding carboxylic acids is 2. The van der Waals surface area contributed by atoms with Crippen molar-refractivity contribution in [1.82, 2.24) is 20.1 Å². The molecule has 2 aliphatic heterocycles. The summed E-state index contributed by atoms with van der Waals surface area (Å²) in [5, 5.41) is 8.93. The summed E-state index contributed by atoms with van der Waals surface area (Å²) in [6.07, 6.45) is 0.398. The van der Waals surface area contributed by atoms with Crippen molar-refractivity contribution in [2.24, 2.45) is 5.10 Å². The molecule has 4 rings (SSSR count). The van der Waals surface area contributed by atoms with E-state index in [0.29, 0.717) is 56.5 Å². The molecule has 0 aliphatic carbocycles. The van der Waals surface area contributed by atoms with Crippen LogP contribution in [0.2, 0.25) is 0 Å². The summed E-state index contributed by atoms with van der Waals surface area (Å²) in [6, 6.07) is 10.7. The van der Waals surface area contributed by atoms with E-state index in [9.17, 15) is 14.0 Å². The molecule has 10 nitrogen and oxygen atoms in total. The highest BCUT2D eigenvalue weighted by molar-refractivity contribution is 6.05. The topological polar surface area (TPSA) is 95.9 Å². The third kappa shape index (κ3) is 7.04. The van der Waals surface area contributed by atoms with Gasteiger partial charge in [0.05, 0.1) is 39.2 Å². The Bertz CT molecular complexity index is 1170. The molecule has 0 aromatic heterocycles. The van der Waals surface area contributed by atoms with Crippen LogP contribution < -0.4 is 14.8 Å². The zero-order valence-corrected chi connectivity index (χ0v) is 22.7. The molecule has 0 radical (unpaired) electrons. The number of methoxy groups -OCH3 is 2. The number of urea groups is 1. The molecule has 39 heavy (non-hydrogen) atoms. The summed E-state index contributed by atoms with van der Waals surface area (Å²) in [5.41, 5.74) is 2.12. The van der Waals surface area contributed by atoms with Crippen LogP contribution in [-0.4, -0.2) is 99.2 Å². The van der Waals surface area contributed by atoms with Crippen LogP contribution in [0.5, 0.6) is 11.5 Å². The number of benzene rings is 2. The Balaban J connectivity index is 1.59. The third-order valence-electron chi connectivity index (χ3n) is 6.87. The molecular formula is C28H36FN5O5. The lowest BCUT2D eigenvalue weighted by atomic mass is 9.97. The van der Waals surface area contributed by atoms with Crippen molar-refractivity contribution in [3.05, 3.63) is 59.4 Å². The number of hydrazone groups is 1. The second-order valence-corrected chi connectivity index (χ2v) is 9.33. The lowest BCUT2D eigenvalue weighted by molar-refractivity contribution is -0.133. The summed E-state index contributed by atoms with van der Waals surface area (Å²) < 4.78 is 30.0. The molecule has 0 unspecified atom stereocenters. The second kappa shape index (κ2) is 13.4. The number of nitrogens with zero attached hydrogens (tertiary/aromatic N) is 4. The zero-order chi connectivity index (χ0) is 27.8. The van der Waals surface area contributed by atoms with Gasteiger partial charge in [-0.1, -0.05) is 12.1 Å². The molecule has 0 saturated carbocycles. The number of halogens is 1. The summed E-state index contributed by atoms with van der Waals surface area (Å²) in [7, 11) is 3.14. The molecule has 1 fully saturated rings. The Labute approximate surface area is 228 Å². The van der Waals surface area contributed by atoms with Crippen LogP contribution in [0.15, 0.2) is 47.6 Å². The number of rotatable bonds is 10. The maximum atomic E-state index is 13.7. The molecule has 11 heteroatoms. The fraction of sp³-hybridized carbons (Fsp3) is 0.464. The third-order valence-corrected chi connectivity index (χ3v) is 6.87. The molecular weight excluding hydrogens is 505 g/mol. The van der Waals surface area contributed by atoms with Gasteiger partial charge < -0.3 is 24.4 Å². The van der Waals surface area contributed by atoms with E-state index in [1.165, 1.54) is 22.0 Å². The van der Waals surface area contributed by atoms with Gasteiger partial charge in [0.2, 0.25) is 0 Å². The lowest BCUT2D eigenvalue weighted by Gasteiger charge is -2.31. The number of hydrogen-bond acceptors (Lipinski definition) is 7. The molecule has 0 spiro atoms. The van der Waals surface area contributed by atoms with Gasteiger partial charge in [0.25, 0.3) is 5.91 Å². The van der Waals surface area contributed by atoms with Gasteiger partial charge in [-0.15, -0.1) is 0 Å². The molecule has 1 atom stereocenters. The molecule has 2 aromatic rings. The first kappa shape index (κ1) is 28.3. The number of ether oxygens (including phenoxy) is 3. The first-order valence-corrected chi connectivity index (χ1v) is 13.1. The molecule has 3 amide bonds. The first-order valence-electron chi connectivity index (χ1n) is 13.1. The van der Waals surface area contributed by atoms with Crippen molar-refractivity contribution < 1.29 is 28.2 Å². The van der Waals surface area contributed by atoms with Crippen molar-refractivity contribution in [1.29, 1.82) is 0 Å². The van der Waals surface area contributed by atoms with Gasteiger partial charge in [-0.25, -0.2) is 14.2 Å². The quantitative estimate of drug-likeness (QED) is 0.497. The highest BCUT2D eigenvalue weighted by Gasteiger charge is 2.35. The maximum absolute atomic E-state index is 13.7. The van der Waals surface area contributed by atoms with Gasteiger partial charge in [0.1, 0.15) is 23.9 Å². The molecule has 1 saturated heterocycles. The molecule has 2 heterocycles. The van der Waals surface area contributed by atoms with Crippen LogP contribution in [0.25, 0.3) is 0 Å². The van der Waals surface area contributed by atoms with Crippen molar-refractivity contribution in [3.63, 3.8) is 0 Å². The fourth-order valence-corrected chi connectivity index (χ4v) is 4.72. The van der Waals surface area contributed by atoms with Gasteiger partial charge in [-0.2, -0.15) is 5.10 Å². The molecule has 0 bridgehead atoms. The first-order chi connectivity index (χ1) is 18.9. The molecule has 1 N–H and O–H groups in total. The van der Waals surface area contributed by atoms with Crippen molar-refractivity contribution in [2.75, 3.05) is 66.7 Å². The van der Waals surface area contributed by atoms with E-state index in [2.05, 4.69) is 10.2 Å². The Hall–Kier alpha value is -3.70. The average molecular weight is 542 g/mol. The van der Waals surface area contributed by atoms with Crippen molar-refractivity contribution >= 4 is 17.6 Å². The van der Waals surface area contributed by atoms with E-state index in [1.54, 1.807) is 38.5 Å². The summed E-state index contributed by atoms with van der Waals surface area (Å²) in [6.45, 7) is 6.03. The van der Waals surface area contributed by atoms with E-state index in [-0.39, 0.29) is 24.3 Å². The highest BCUT2D eigenvalue weighted by atomic mass is 19.1. The van der Waals surface area contributed by atoms with Crippen LogP contribution >= 0.6 is 0 Å². The Morgan fingerprint density at radius 1 is 1.13 bits per heavy atom. The maximum Gasteiger partial charge on any atom is 0.317 e. The highest BCUT2D eigenvalue weighted by Crippen LogP contribution is 2.36. The number of hydrogen-bond donors (Lipinski definition) is 1. The summed E-state index contributed by atoms with van der Waals surface area (Å²) >= 11 is 0. The molecule has 2 aromatic carbocycles. The minimum atomic E-state index is -0.463. The number of nitrogens with one attached hydrogen (secondary N) is 1. The number of amides is 3. The predicted molar refractivity (Wildman–Crippen MR) is 145 cm³/mol. The van der Waals surface area contributed by atoms with Gasteiger partial charge in [0, 0.05) is 50.8 Å². The largest absolute Gasteiger partial charge is 0.497 e. The van der Waals surface area contributed by atoms with E-state index < -0.39 is 6.04 Å². The number of morpholine rings is 1. The fourth-order valence-electron chi connectivity index (χ4n) is 4.72. The predicted octanol–water partition coefficient (Wildman–Crippen LogP) is 2.88.